The zero-order valence-electron chi connectivity index (χ0n) is 30.3. The maximum Gasteiger partial charge on any atom is 0.338 e. The molecule has 0 spiro atoms. The van der Waals surface area contributed by atoms with Crippen molar-refractivity contribution < 1.29 is 9.53 Å². The van der Waals surface area contributed by atoms with E-state index in [-0.39, 0.29) is 12.0 Å². The van der Waals surface area contributed by atoms with Gasteiger partial charge in [0, 0.05) is 42.2 Å². The maximum absolute atomic E-state index is 12.8. The van der Waals surface area contributed by atoms with Crippen LogP contribution in [-0.4, -0.2) is 31.1 Å². The summed E-state index contributed by atoms with van der Waals surface area (Å²) in [6.45, 7) is 3.31. The molecule has 0 aromatic heterocycles. The molecule has 18 rings (SSSR count). The van der Waals surface area contributed by atoms with Crippen LogP contribution < -0.4 is 10.4 Å². The van der Waals surface area contributed by atoms with Gasteiger partial charge in [-0.2, -0.15) is 0 Å². The Kier molecular flexibility index (Phi) is 3.60. The number of fused-ring (bicyclic) bond motifs is 8. The third-order valence-corrected chi connectivity index (χ3v) is 17.7. The van der Waals surface area contributed by atoms with Crippen LogP contribution in [0.3, 0.4) is 0 Å². The summed E-state index contributed by atoms with van der Waals surface area (Å²) in [6, 6.07) is 18.8. The van der Waals surface area contributed by atoms with Crippen molar-refractivity contribution in [1.82, 2.24) is 4.90 Å². The highest BCUT2D eigenvalue weighted by molar-refractivity contribution is 6.57. The van der Waals surface area contributed by atoms with Crippen molar-refractivity contribution in [2.75, 3.05) is 20.2 Å². The largest absolute Gasteiger partial charge is 0.462 e. The molecule has 55 heavy (non-hydrogen) atoms. The van der Waals surface area contributed by atoms with Crippen molar-refractivity contribution in [2.45, 2.75) is 30.7 Å². The molecular formula is C52H31NO2. The van der Waals surface area contributed by atoms with E-state index in [2.05, 4.69) is 72.6 Å². The third kappa shape index (κ3) is 2.18. The number of hydrogen-bond donors (Lipinski definition) is 0. The summed E-state index contributed by atoms with van der Waals surface area (Å²) in [4.78, 5) is 15.4. The molecule has 1 aliphatic heterocycles. The molecule has 0 radical (unpaired) electrons. The smallest absolute Gasteiger partial charge is 0.338 e. The Morgan fingerprint density at radius 2 is 1.35 bits per heavy atom. The summed E-state index contributed by atoms with van der Waals surface area (Å²) in [7, 11) is 2.37. The SMILES string of the molecule is CCOC(=O)c1ccc(C2C3C4=c5c6c7c8c9c%10c%11c(c%12ccc%13c%14ccc%15c(c5c5c%15c%14c(c%13c%12%10)c9c75)C3CN2C)C=CC2C%11C=8C3C2C=CC4C63)cc1. The van der Waals surface area contributed by atoms with E-state index in [0.29, 0.717) is 59.5 Å². The van der Waals surface area contributed by atoms with Gasteiger partial charge in [0.1, 0.15) is 0 Å². The first-order valence-corrected chi connectivity index (χ1v) is 20.8. The monoisotopic (exact) mass is 701 g/mol. The van der Waals surface area contributed by atoms with Gasteiger partial charge in [0.25, 0.3) is 0 Å². The number of ether oxygens (including phenoxy) is 1. The zero-order valence-corrected chi connectivity index (χ0v) is 30.3. The first-order valence-electron chi connectivity index (χ1n) is 20.8. The van der Waals surface area contributed by atoms with Gasteiger partial charge in [-0.3, -0.25) is 4.90 Å². The fraction of sp³-hybridized carbons (Fsp3) is 0.250. The number of esters is 1. The number of likely N-dealkylation sites (tertiary alicyclic amines) is 1. The predicted molar refractivity (Wildman–Crippen MR) is 221 cm³/mol. The number of carbonyl (C=O) groups is 1. The van der Waals surface area contributed by atoms with Crippen LogP contribution >= 0.6 is 0 Å². The molecule has 10 aromatic rings. The Morgan fingerprint density at radius 1 is 0.636 bits per heavy atom. The first kappa shape index (κ1) is 26.3. The Hall–Kier alpha value is -5.51. The Labute approximate surface area is 313 Å². The highest BCUT2D eigenvalue weighted by atomic mass is 16.5. The van der Waals surface area contributed by atoms with Crippen LogP contribution in [0.25, 0.3) is 103 Å². The van der Waals surface area contributed by atoms with Gasteiger partial charge >= 0.3 is 5.97 Å². The van der Waals surface area contributed by atoms with Gasteiger partial charge < -0.3 is 4.74 Å². The minimum Gasteiger partial charge on any atom is -0.462 e. The quantitative estimate of drug-likeness (QED) is 0.104. The second kappa shape index (κ2) is 7.53. The van der Waals surface area contributed by atoms with Gasteiger partial charge in [-0.15, -0.1) is 0 Å². The summed E-state index contributed by atoms with van der Waals surface area (Å²) in [6.07, 6.45) is 10.7. The van der Waals surface area contributed by atoms with E-state index in [1.807, 2.05) is 24.6 Å². The van der Waals surface area contributed by atoms with E-state index in [0.717, 1.165) is 6.54 Å². The van der Waals surface area contributed by atoms with Gasteiger partial charge in [-0.1, -0.05) is 60.7 Å². The molecule has 3 nitrogen and oxygen atoms in total. The van der Waals surface area contributed by atoms with Crippen LogP contribution in [0.5, 0.6) is 0 Å². The molecule has 10 aromatic carbocycles. The lowest BCUT2D eigenvalue weighted by atomic mass is 9.63. The second-order valence-electron chi connectivity index (χ2n) is 18.9. The van der Waals surface area contributed by atoms with E-state index in [1.165, 1.54) is 32.7 Å². The van der Waals surface area contributed by atoms with Gasteiger partial charge in [-0.05, 0) is 179 Å². The van der Waals surface area contributed by atoms with Crippen molar-refractivity contribution >= 4 is 109 Å². The number of benzene rings is 6. The molecule has 0 N–H and O–H groups in total. The average molecular weight is 702 g/mol. The molecular weight excluding hydrogens is 671 g/mol. The number of hydrogen-bond acceptors (Lipinski definition) is 3. The standard InChI is InChI=1S/C52H31NO2/c1-3-55-52(54)18-6-4-17(5-7-18)51-38-27(16-53(51)2)28-25-14-12-23-21-10-8-19-20-9-11-22-24-13-15-26-36-34(24)42-32(22)30(20)40-29(19)31(21)41-33(23)35(25)43-39(28)45(37(26)38)44(36)50-48(42)46(40)47(41)49(43)50/h4-15,22,24,26-27,32,34,36,38,51H,3,16H2,1-2H3. The minimum absolute atomic E-state index is 0.232. The summed E-state index contributed by atoms with van der Waals surface area (Å²) in [5.74, 6) is 3.63. The molecule has 1 heterocycles. The summed E-state index contributed by atoms with van der Waals surface area (Å²) < 4.78 is 5.40. The molecule has 3 heteroatoms. The van der Waals surface area contributed by atoms with E-state index in [1.54, 1.807) is 97.3 Å². The zero-order chi connectivity index (χ0) is 35.0. The molecule has 2 fully saturated rings. The Bertz CT molecular complexity index is 3790. The summed E-state index contributed by atoms with van der Waals surface area (Å²) in [5, 5.41) is 28.7. The summed E-state index contributed by atoms with van der Waals surface area (Å²) >= 11 is 0. The average Bonchev–Trinajstić information content (AvgIpc) is 4.06. The van der Waals surface area contributed by atoms with E-state index in [4.69, 9.17) is 4.74 Å². The van der Waals surface area contributed by atoms with Crippen LogP contribution in [0.1, 0.15) is 68.9 Å². The third-order valence-electron chi connectivity index (χ3n) is 17.7. The molecule has 9 unspecified atom stereocenters. The Morgan fingerprint density at radius 3 is 2.18 bits per heavy atom. The first-order chi connectivity index (χ1) is 27.2. The van der Waals surface area contributed by atoms with Crippen molar-refractivity contribution in [3.63, 3.8) is 0 Å². The molecule has 8 aliphatic rings. The molecule has 7 aliphatic carbocycles. The lowest BCUT2D eigenvalue weighted by Gasteiger charge is -2.40. The predicted octanol–water partition coefficient (Wildman–Crippen LogP) is 9.70. The molecule has 0 amide bonds. The Balaban J connectivity index is 1.10. The van der Waals surface area contributed by atoms with Crippen LogP contribution in [0.2, 0.25) is 0 Å². The van der Waals surface area contributed by atoms with Crippen LogP contribution in [0.15, 0.2) is 66.8 Å². The molecule has 0 bridgehead atoms. The fourth-order valence-electron chi connectivity index (χ4n) is 16.7. The van der Waals surface area contributed by atoms with E-state index >= 15 is 0 Å². The number of likely N-dealkylation sites (N-methyl/N-ethyl adjacent to an activating group) is 1. The van der Waals surface area contributed by atoms with E-state index in [9.17, 15) is 4.79 Å². The lowest BCUT2D eigenvalue weighted by Crippen LogP contribution is -2.33. The van der Waals surface area contributed by atoms with Gasteiger partial charge in [0.05, 0.1) is 12.2 Å². The molecule has 256 valence electrons. The summed E-state index contributed by atoms with van der Waals surface area (Å²) in [5.41, 5.74) is 12.2. The highest BCUT2D eigenvalue weighted by Crippen LogP contribution is 2.73. The van der Waals surface area contributed by atoms with Crippen LogP contribution in [0, 0.1) is 29.6 Å². The highest BCUT2D eigenvalue weighted by Gasteiger charge is 2.62. The fourth-order valence-corrected chi connectivity index (χ4v) is 16.7. The normalized spacial score (nSPS) is 31.4. The van der Waals surface area contributed by atoms with Crippen molar-refractivity contribution in [1.29, 1.82) is 0 Å². The second-order valence-corrected chi connectivity index (χ2v) is 18.9. The molecule has 1 saturated carbocycles. The van der Waals surface area contributed by atoms with Crippen LogP contribution in [-0.2, 0) is 4.74 Å². The number of nitrogens with zero attached hydrogens (tertiary/aromatic N) is 1. The lowest BCUT2D eigenvalue weighted by molar-refractivity contribution is 0.0526. The van der Waals surface area contributed by atoms with E-state index < -0.39 is 0 Å². The minimum atomic E-state index is -0.232. The maximum atomic E-state index is 12.8. The van der Waals surface area contributed by atoms with Gasteiger partial charge in [0.2, 0.25) is 0 Å². The topological polar surface area (TPSA) is 29.5 Å². The molecule has 1 saturated heterocycles. The van der Waals surface area contributed by atoms with Crippen molar-refractivity contribution in [3.8, 4) is 0 Å². The number of allylic oxidation sites excluding steroid dienone is 3. The number of carbonyl (C=O) groups excluding carboxylic acids is 1. The van der Waals surface area contributed by atoms with Gasteiger partial charge in [0.15, 0.2) is 0 Å². The molecule has 9 atom stereocenters. The van der Waals surface area contributed by atoms with Crippen molar-refractivity contribution in [2.24, 2.45) is 29.6 Å². The van der Waals surface area contributed by atoms with Gasteiger partial charge in [-0.25, -0.2) is 4.79 Å². The van der Waals surface area contributed by atoms with Crippen molar-refractivity contribution in [3.05, 3.63) is 111 Å². The van der Waals surface area contributed by atoms with Crippen LogP contribution in [0.4, 0.5) is 0 Å². The number of rotatable bonds is 3.